The lowest BCUT2D eigenvalue weighted by Crippen LogP contribution is -2.79. The second-order valence-corrected chi connectivity index (χ2v) is 12.2. The summed E-state index contributed by atoms with van der Waals surface area (Å²) >= 11 is 2.43. The zero-order valence-electron chi connectivity index (χ0n) is 17.9. The Balaban J connectivity index is 2.06. The molecule has 0 aliphatic carbocycles. The molecule has 1 fully saturated rings. The first-order chi connectivity index (χ1) is 14.8. The number of hydrogen-bond acceptors (Lipinski definition) is 12. The molecule has 1 saturated heterocycles. The van der Waals surface area contributed by atoms with Crippen LogP contribution < -0.4 is 10.9 Å². The maximum Gasteiger partial charge on any atom is 0.355 e. The molecule has 1 unspecified atom stereocenters. The summed E-state index contributed by atoms with van der Waals surface area (Å²) in [7, 11) is -2.46. The standard InChI is InChI=1S/C16H25N7O6S3/c1-15(2,3)29-11(24)10-8(7-30-13-16(17,28-4)12(25)23(10)13)9(5-6-32(18,26)27)31-14-19-21-22-20-14/h9,13H,5-7,17H2,1-4H3,(H2,18,26,27)(H,19,20,21,22)/t9?,13-,16+/m0/s1. The molecule has 1 aromatic rings. The van der Waals surface area contributed by atoms with Crippen LogP contribution in [0.15, 0.2) is 16.4 Å². The highest BCUT2D eigenvalue weighted by atomic mass is 32.2. The maximum atomic E-state index is 13.2. The van der Waals surface area contributed by atoms with Gasteiger partial charge in [0.2, 0.25) is 20.9 Å². The number of nitrogens with one attached hydrogen (secondary N) is 1. The molecule has 2 aliphatic rings. The molecule has 1 amide bonds. The van der Waals surface area contributed by atoms with E-state index in [0.717, 1.165) is 11.8 Å². The van der Waals surface area contributed by atoms with Crippen molar-refractivity contribution in [3.8, 4) is 0 Å². The minimum atomic E-state index is -3.79. The first-order valence-corrected chi connectivity index (χ1v) is 13.1. The SMILES string of the molecule is CO[C@]1(N)C(=O)N2C(C(=O)OC(C)(C)C)=C(C(CCS(N)(=O)=O)Sc3nnn[nH]3)CS[C@H]21. The van der Waals surface area contributed by atoms with E-state index in [-0.39, 0.29) is 23.6 Å². The number of methoxy groups -OCH3 is 1. The third-order valence-electron chi connectivity index (χ3n) is 4.66. The molecule has 0 spiro atoms. The van der Waals surface area contributed by atoms with Crippen LogP contribution in [0.2, 0.25) is 0 Å². The van der Waals surface area contributed by atoms with Gasteiger partial charge in [-0.25, -0.2) is 23.4 Å². The van der Waals surface area contributed by atoms with Crippen LogP contribution >= 0.6 is 23.5 Å². The van der Waals surface area contributed by atoms with Gasteiger partial charge in [0.25, 0.3) is 5.91 Å². The zero-order chi connectivity index (χ0) is 23.9. The van der Waals surface area contributed by atoms with Crippen LogP contribution in [-0.4, -0.2) is 86.4 Å². The molecule has 0 radical (unpaired) electrons. The van der Waals surface area contributed by atoms with E-state index >= 15 is 0 Å². The quantitative estimate of drug-likeness (QED) is 0.171. The Kier molecular flexibility index (Phi) is 6.93. The van der Waals surface area contributed by atoms with E-state index < -0.39 is 43.8 Å². The van der Waals surface area contributed by atoms with Gasteiger partial charge in [-0.1, -0.05) is 11.8 Å². The van der Waals surface area contributed by atoms with Gasteiger partial charge in [0, 0.05) is 18.1 Å². The Morgan fingerprint density at radius 1 is 1.47 bits per heavy atom. The lowest BCUT2D eigenvalue weighted by Gasteiger charge is -2.54. The summed E-state index contributed by atoms with van der Waals surface area (Å²) in [4.78, 5) is 27.3. The van der Waals surface area contributed by atoms with Gasteiger partial charge in [0.15, 0.2) is 0 Å². The van der Waals surface area contributed by atoms with Crippen molar-refractivity contribution in [1.82, 2.24) is 25.5 Å². The molecular formula is C16H25N7O6S3. The second-order valence-electron chi connectivity index (χ2n) is 8.18. The molecule has 0 aromatic carbocycles. The number of rotatable bonds is 8. The van der Waals surface area contributed by atoms with Crippen molar-refractivity contribution in [2.75, 3.05) is 18.6 Å². The molecule has 0 bridgehead atoms. The van der Waals surface area contributed by atoms with Crippen LogP contribution in [0.1, 0.15) is 27.2 Å². The number of aromatic nitrogens is 4. The summed E-state index contributed by atoms with van der Waals surface area (Å²) in [6.07, 6.45) is 0.0527. The highest BCUT2D eigenvalue weighted by molar-refractivity contribution is 8.01. The number of primary sulfonamides is 1. The van der Waals surface area contributed by atoms with Crippen LogP contribution in [-0.2, 0) is 29.1 Å². The number of β-lactam (4-membered cyclic amide) rings is 1. The van der Waals surface area contributed by atoms with E-state index in [0.29, 0.717) is 10.7 Å². The fraction of sp³-hybridized carbons (Fsp3) is 0.688. The van der Waals surface area contributed by atoms with Crippen molar-refractivity contribution in [3.63, 3.8) is 0 Å². The number of fused-ring (bicyclic) bond motifs is 1. The Morgan fingerprint density at radius 3 is 2.69 bits per heavy atom. The summed E-state index contributed by atoms with van der Waals surface area (Å²) in [5, 5.41) is 17.7. The zero-order valence-corrected chi connectivity index (χ0v) is 20.3. The molecule has 13 nitrogen and oxygen atoms in total. The van der Waals surface area contributed by atoms with Crippen LogP contribution in [0.25, 0.3) is 0 Å². The molecule has 5 N–H and O–H groups in total. The number of carbonyl (C=O) groups is 2. The van der Waals surface area contributed by atoms with Crippen molar-refractivity contribution in [1.29, 1.82) is 0 Å². The van der Waals surface area contributed by atoms with E-state index in [2.05, 4.69) is 20.6 Å². The number of hydrogen-bond donors (Lipinski definition) is 3. The van der Waals surface area contributed by atoms with Gasteiger partial charge in [-0.15, -0.1) is 16.9 Å². The van der Waals surface area contributed by atoms with Gasteiger partial charge in [-0.2, -0.15) is 0 Å². The third kappa shape index (κ3) is 5.09. The molecule has 3 atom stereocenters. The molecule has 16 heteroatoms. The maximum absolute atomic E-state index is 13.2. The highest BCUT2D eigenvalue weighted by Gasteiger charge is 2.64. The van der Waals surface area contributed by atoms with Crippen molar-refractivity contribution >= 4 is 45.4 Å². The Morgan fingerprint density at radius 2 is 2.16 bits per heavy atom. The Labute approximate surface area is 193 Å². The van der Waals surface area contributed by atoms with E-state index in [4.69, 9.17) is 20.3 Å². The smallest absolute Gasteiger partial charge is 0.355 e. The monoisotopic (exact) mass is 507 g/mol. The number of H-pyrrole nitrogens is 1. The Hall–Kier alpha value is -1.72. The van der Waals surface area contributed by atoms with E-state index in [1.54, 1.807) is 20.8 Å². The fourth-order valence-electron chi connectivity index (χ4n) is 3.24. The number of thioether (sulfide) groups is 2. The topological polar surface area (TPSA) is 196 Å². The number of carbonyl (C=O) groups excluding carboxylic acids is 2. The Bertz CT molecular complexity index is 1020. The largest absolute Gasteiger partial charge is 0.455 e. The van der Waals surface area contributed by atoms with Crippen LogP contribution in [0, 0.1) is 0 Å². The summed E-state index contributed by atoms with van der Waals surface area (Å²) in [6, 6.07) is 0. The number of nitrogens with zero attached hydrogens (tertiary/aromatic N) is 4. The summed E-state index contributed by atoms with van der Waals surface area (Å²) in [5.74, 6) is -1.39. The molecule has 0 saturated carbocycles. The minimum absolute atomic E-state index is 0.0196. The second kappa shape index (κ2) is 8.90. The molecule has 1 aromatic heterocycles. The number of nitrogens with two attached hydrogens (primary N) is 2. The summed E-state index contributed by atoms with van der Waals surface area (Å²) < 4.78 is 34.1. The average molecular weight is 508 g/mol. The lowest BCUT2D eigenvalue weighted by molar-refractivity contribution is -0.184. The first kappa shape index (κ1) is 24.9. The highest BCUT2D eigenvalue weighted by Crippen LogP contribution is 2.48. The minimum Gasteiger partial charge on any atom is -0.455 e. The van der Waals surface area contributed by atoms with Gasteiger partial charge in [0.05, 0.1) is 5.75 Å². The molecule has 32 heavy (non-hydrogen) atoms. The lowest BCUT2D eigenvalue weighted by atomic mass is 9.98. The van der Waals surface area contributed by atoms with Gasteiger partial charge in [-0.3, -0.25) is 15.4 Å². The molecule has 178 valence electrons. The number of tetrazole rings is 1. The van der Waals surface area contributed by atoms with Crippen molar-refractivity contribution in [2.45, 2.75) is 54.3 Å². The van der Waals surface area contributed by atoms with Crippen molar-refractivity contribution in [3.05, 3.63) is 11.3 Å². The number of esters is 1. The first-order valence-electron chi connectivity index (χ1n) is 9.43. The van der Waals surface area contributed by atoms with Gasteiger partial charge in [0.1, 0.15) is 16.7 Å². The summed E-state index contributed by atoms with van der Waals surface area (Å²) in [5.41, 5.74) is 4.21. The van der Waals surface area contributed by atoms with Crippen LogP contribution in [0.4, 0.5) is 0 Å². The average Bonchev–Trinajstić information content (AvgIpc) is 3.20. The van der Waals surface area contributed by atoms with E-state index in [9.17, 15) is 18.0 Å². The van der Waals surface area contributed by atoms with Gasteiger partial charge in [-0.05, 0) is 43.2 Å². The van der Waals surface area contributed by atoms with Crippen LogP contribution in [0.5, 0.6) is 0 Å². The fourth-order valence-corrected chi connectivity index (χ4v) is 6.54. The predicted octanol–water partition coefficient (Wildman–Crippen LogP) is -0.849. The summed E-state index contributed by atoms with van der Waals surface area (Å²) in [6.45, 7) is 5.11. The van der Waals surface area contributed by atoms with Gasteiger partial charge >= 0.3 is 5.97 Å². The number of aromatic amines is 1. The van der Waals surface area contributed by atoms with E-state index in [1.807, 2.05) is 0 Å². The third-order valence-corrected chi connectivity index (χ3v) is 8.02. The van der Waals surface area contributed by atoms with Gasteiger partial charge < -0.3 is 9.47 Å². The molecular weight excluding hydrogens is 482 g/mol. The number of amides is 1. The van der Waals surface area contributed by atoms with Crippen molar-refractivity contribution < 1.29 is 27.5 Å². The molecule has 3 rings (SSSR count). The number of ether oxygens (including phenoxy) is 2. The van der Waals surface area contributed by atoms with Crippen LogP contribution in [0.3, 0.4) is 0 Å². The normalized spacial score (nSPS) is 24.8. The molecule has 2 aliphatic heterocycles. The number of sulfonamides is 1. The van der Waals surface area contributed by atoms with Crippen molar-refractivity contribution in [2.24, 2.45) is 10.9 Å². The van der Waals surface area contributed by atoms with E-state index in [1.165, 1.54) is 23.8 Å². The predicted molar refractivity (Wildman–Crippen MR) is 116 cm³/mol. The molecule has 3 heterocycles.